The van der Waals surface area contributed by atoms with Crippen LogP contribution in [0.15, 0.2) is 35.2 Å². The van der Waals surface area contributed by atoms with Gasteiger partial charge in [-0.2, -0.15) is 0 Å². The zero-order valence-corrected chi connectivity index (χ0v) is 17.1. The maximum atomic E-state index is 14.4. The molecule has 1 aliphatic heterocycles. The molecular formula is C21H24FN3O2S. The lowest BCUT2D eigenvalue weighted by Crippen LogP contribution is -2.26. The van der Waals surface area contributed by atoms with Crippen molar-refractivity contribution in [1.29, 1.82) is 0 Å². The van der Waals surface area contributed by atoms with Crippen molar-refractivity contribution in [3.63, 3.8) is 0 Å². The van der Waals surface area contributed by atoms with Crippen molar-refractivity contribution in [3.05, 3.63) is 47.3 Å². The van der Waals surface area contributed by atoms with Gasteiger partial charge < -0.3 is 9.88 Å². The summed E-state index contributed by atoms with van der Waals surface area (Å²) in [5, 5.41) is 3.40. The SMILES string of the molecule is Cc1cc(C2CCNCC2)cc2c1nc(-c1ccc(S(C)(=O)=O)c(F)c1)n2C. The molecule has 1 aliphatic rings. The summed E-state index contributed by atoms with van der Waals surface area (Å²) in [6.45, 7) is 4.12. The summed E-state index contributed by atoms with van der Waals surface area (Å²) in [5.74, 6) is 0.410. The molecule has 148 valence electrons. The molecule has 1 aromatic heterocycles. The lowest BCUT2D eigenvalue weighted by molar-refractivity contribution is 0.460. The molecule has 4 rings (SSSR count). The lowest BCUT2D eigenvalue weighted by Gasteiger charge is -2.23. The minimum atomic E-state index is -3.60. The molecule has 0 spiro atoms. The molecule has 28 heavy (non-hydrogen) atoms. The Hall–Kier alpha value is -2.25. The fraction of sp³-hybridized carbons (Fsp3) is 0.381. The Bertz CT molecular complexity index is 1160. The van der Waals surface area contributed by atoms with Gasteiger partial charge in [0.2, 0.25) is 0 Å². The van der Waals surface area contributed by atoms with Gasteiger partial charge in [-0.15, -0.1) is 0 Å². The number of imidazole rings is 1. The van der Waals surface area contributed by atoms with Gasteiger partial charge in [-0.3, -0.25) is 0 Å². The zero-order valence-electron chi connectivity index (χ0n) is 16.3. The highest BCUT2D eigenvalue weighted by Crippen LogP contribution is 2.32. The van der Waals surface area contributed by atoms with Crippen molar-refractivity contribution < 1.29 is 12.8 Å². The second-order valence-corrected chi connectivity index (χ2v) is 9.63. The van der Waals surface area contributed by atoms with Gasteiger partial charge in [0, 0.05) is 18.9 Å². The van der Waals surface area contributed by atoms with E-state index in [-0.39, 0.29) is 4.90 Å². The van der Waals surface area contributed by atoms with Crippen molar-refractivity contribution >= 4 is 20.9 Å². The molecule has 0 atom stereocenters. The number of benzene rings is 2. The molecule has 1 N–H and O–H groups in total. The first-order valence-electron chi connectivity index (χ1n) is 9.43. The highest BCUT2D eigenvalue weighted by molar-refractivity contribution is 7.90. The van der Waals surface area contributed by atoms with Gasteiger partial charge in [-0.05, 0) is 74.2 Å². The molecule has 0 amide bonds. The number of rotatable bonds is 3. The quantitative estimate of drug-likeness (QED) is 0.729. The van der Waals surface area contributed by atoms with Crippen molar-refractivity contribution in [2.45, 2.75) is 30.6 Å². The van der Waals surface area contributed by atoms with Gasteiger partial charge in [0.1, 0.15) is 16.5 Å². The highest BCUT2D eigenvalue weighted by atomic mass is 32.2. The first-order chi connectivity index (χ1) is 13.3. The number of aryl methyl sites for hydroxylation is 2. The van der Waals surface area contributed by atoms with Crippen LogP contribution in [-0.4, -0.2) is 37.3 Å². The maximum absolute atomic E-state index is 14.4. The topological polar surface area (TPSA) is 64.0 Å². The standard InChI is InChI=1S/C21H24FN3O2S/c1-13-10-16(14-6-8-23-9-7-14)12-18-20(13)24-21(25(18)2)15-4-5-19(17(22)11-15)28(3,26)27/h4-5,10-12,14,23H,6-9H2,1-3H3. The number of piperidine rings is 1. The Balaban J connectivity index is 1.82. The average Bonchev–Trinajstić information content (AvgIpc) is 2.99. The Kier molecular flexibility index (Phi) is 4.75. The number of hydrogen-bond donors (Lipinski definition) is 1. The van der Waals surface area contributed by atoms with Crippen molar-refractivity contribution in [3.8, 4) is 11.4 Å². The molecular weight excluding hydrogens is 377 g/mol. The molecule has 3 aromatic rings. The van der Waals surface area contributed by atoms with Gasteiger partial charge in [-0.1, -0.05) is 6.07 Å². The van der Waals surface area contributed by atoms with E-state index in [2.05, 4.69) is 24.4 Å². The van der Waals surface area contributed by atoms with Crippen LogP contribution in [0.25, 0.3) is 22.4 Å². The normalized spacial score (nSPS) is 16.0. The fourth-order valence-electron chi connectivity index (χ4n) is 4.07. The summed E-state index contributed by atoms with van der Waals surface area (Å²) in [4.78, 5) is 4.44. The molecule has 0 bridgehead atoms. The number of halogens is 1. The molecule has 7 heteroatoms. The summed E-state index contributed by atoms with van der Waals surface area (Å²) in [7, 11) is -1.68. The van der Waals surface area contributed by atoms with Crippen LogP contribution in [0.4, 0.5) is 4.39 Å². The molecule has 2 heterocycles. The third-order valence-corrected chi connectivity index (χ3v) is 6.73. The number of hydrogen-bond acceptors (Lipinski definition) is 4. The minimum Gasteiger partial charge on any atom is -0.327 e. The smallest absolute Gasteiger partial charge is 0.178 e. The van der Waals surface area contributed by atoms with Gasteiger partial charge in [-0.25, -0.2) is 17.8 Å². The number of sulfone groups is 1. The second kappa shape index (κ2) is 6.97. The summed E-state index contributed by atoms with van der Waals surface area (Å²) in [6, 6.07) is 8.58. The Morgan fingerprint density at radius 3 is 2.54 bits per heavy atom. The van der Waals surface area contributed by atoms with Crippen molar-refractivity contribution in [1.82, 2.24) is 14.9 Å². The van der Waals surface area contributed by atoms with Gasteiger partial charge in [0.15, 0.2) is 9.84 Å². The fourth-order valence-corrected chi connectivity index (χ4v) is 4.80. The van der Waals surface area contributed by atoms with Gasteiger partial charge in [0.25, 0.3) is 0 Å². The van der Waals surface area contributed by atoms with E-state index in [0.717, 1.165) is 48.8 Å². The number of nitrogens with zero attached hydrogens (tertiary/aromatic N) is 2. The van der Waals surface area contributed by atoms with E-state index in [1.54, 1.807) is 6.07 Å². The minimum absolute atomic E-state index is 0.292. The molecule has 0 saturated carbocycles. The summed E-state index contributed by atoms with van der Waals surface area (Å²) in [5.41, 5.74) is 4.88. The Labute approximate surface area is 164 Å². The van der Waals surface area contributed by atoms with Crippen LogP contribution in [-0.2, 0) is 16.9 Å². The van der Waals surface area contributed by atoms with Crippen molar-refractivity contribution in [2.24, 2.45) is 7.05 Å². The molecule has 5 nitrogen and oxygen atoms in total. The molecule has 1 saturated heterocycles. The van der Waals surface area contributed by atoms with Crippen LogP contribution in [0.5, 0.6) is 0 Å². The predicted octanol–water partition coefficient (Wildman–Crippen LogP) is 3.56. The maximum Gasteiger partial charge on any atom is 0.178 e. The van der Waals surface area contributed by atoms with Gasteiger partial charge in [0.05, 0.1) is 11.0 Å². The summed E-state index contributed by atoms with van der Waals surface area (Å²) >= 11 is 0. The van der Waals surface area contributed by atoms with Gasteiger partial charge >= 0.3 is 0 Å². The first-order valence-corrected chi connectivity index (χ1v) is 11.3. The van der Waals surface area contributed by atoms with E-state index < -0.39 is 15.7 Å². The molecule has 0 aliphatic carbocycles. The van der Waals surface area contributed by atoms with Crippen molar-refractivity contribution in [2.75, 3.05) is 19.3 Å². The van der Waals surface area contributed by atoms with Crippen LogP contribution in [0, 0.1) is 12.7 Å². The van der Waals surface area contributed by atoms with Crippen LogP contribution in [0.2, 0.25) is 0 Å². The Morgan fingerprint density at radius 2 is 1.89 bits per heavy atom. The summed E-state index contributed by atoms with van der Waals surface area (Å²) in [6.07, 6.45) is 3.24. The van der Waals surface area contributed by atoms with E-state index in [4.69, 9.17) is 4.98 Å². The van der Waals surface area contributed by atoms with Crippen LogP contribution in [0.1, 0.15) is 29.9 Å². The second-order valence-electron chi connectivity index (χ2n) is 7.64. The monoisotopic (exact) mass is 401 g/mol. The van der Waals surface area contributed by atoms with E-state index in [1.165, 1.54) is 17.7 Å². The zero-order chi connectivity index (χ0) is 20.1. The van der Waals surface area contributed by atoms with E-state index in [1.807, 2.05) is 11.6 Å². The van der Waals surface area contributed by atoms with Crippen LogP contribution in [0.3, 0.4) is 0 Å². The molecule has 2 aromatic carbocycles. The average molecular weight is 402 g/mol. The number of nitrogens with one attached hydrogen (secondary N) is 1. The van der Waals surface area contributed by atoms with Crippen LogP contribution >= 0.6 is 0 Å². The number of aromatic nitrogens is 2. The molecule has 1 fully saturated rings. The highest BCUT2D eigenvalue weighted by Gasteiger charge is 2.20. The van der Waals surface area contributed by atoms with E-state index in [9.17, 15) is 12.8 Å². The summed E-state index contributed by atoms with van der Waals surface area (Å²) < 4.78 is 39.7. The van der Waals surface area contributed by atoms with Crippen LogP contribution < -0.4 is 5.32 Å². The third kappa shape index (κ3) is 3.33. The first kappa shape index (κ1) is 19.1. The predicted molar refractivity (Wildman–Crippen MR) is 109 cm³/mol. The van der Waals surface area contributed by atoms with E-state index in [0.29, 0.717) is 17.3 Å². The lowest BCUT2D eigenvalue weighted by atomic mass is 9.89. The molecule has 0 radical (unpaired) electrons. The largest absolute Gasteiger partial charge is 0.327 e. The Morgan fingerprint density at radius 1 is 1.18 bits per heavy atom. The third-order valence-electron chi connectivity index (χ3n) is 5.60. The molecule has 0 unspecified atom stereocenters. The number of fused-ring (bicyclic) bond motifs is 1. The van der Waals surface area contributed by atoms with E-state index >= 15 is 0 Å².